The lowest BCUT2D eigenvalue weighted by atomic mass is 10.2. The van der Waals surface area contributed by atoms with Gasteiger partial charge in [-0.1, -0.05) is 35.5 Å². The van der Waals surface area contributed by atoms with Gasteiger partial charge in [0.15, 0.2) is 0 Å². The summed E-state index contributed by atoms with van der Waals surface area (Å²) < 4.78 is 36.0. The largest absolute Gasteiger partial charge is 0.358 e. The Kier molecular flexibility index (Phi) is 7.44. The van der Waals surface area contributed by atoms with Crippen molar-refractivity contribution < 1.29 is 17.3 Å². The molecule has 0 aliphatic carbocycles. The zero-order valence-corrected chi connectivity index (χ0v) is 18.5. The fraction of sp³-hybridized carbons (Fsp3) is 0.250. The van der Waals surface area contributed by atoms with E-state index in [0.717, 1.165) is 17.3 Å². The maximum absolute atomic E-state index is 12.3. The molecule has 0 radical (unpaired) electrons. The fourth-order valence-corrected chi connectivity index (χ4v) is 4.38. The third kappa shape index (κ3) is 5.91. The maximum atomic E-state index is 12.3. The van der Waals surface area contributed by atoms with E-state index in [9.17, 15) is 18.0 Å². The van der Waals surface area contributed by atoms with E-state index in [4.69, 9.17) is 8.92 Å². The summed E-state index contributed by atoms with van der Waals surface area (Å²) in [5.41, 5.74) is 0.148. The average Bonchev–Trinajstić information content (AvgIpc) is 2.74. The summed E-state index contributed by atoms with van der Waals surface area (Å²) in [5.74, 6) is 0. The maximum Gasteiger partial charge on any atom is 0.331 e. The van der Waals surface area contributed by atoms with Gasteiger partial charge in [-0.05, 0) is 38.1 Å². The first-order chi connectivity index (χ1) is 14.8. The first-order valence-electron chi connectivity index (χ1n) is 9.24. The van der Waals surface area contributed by atoms with Crippen molar-refractivity contribution in [2.75, 3.05) is 13.2 Å². The minimum absolute atomic E-state index is 0.0552. The molecule has 0 saturated carbocycles. The van der Waals surface area contributed by atoms with Crippen LogP contribution in [0.25, 0.3) is 0 Å². The van der Waals surface area contributed by atoms with Crippen molar-refractivity contribution in [3.63, 3.8) is 0 Å². The van der Waals surface area contributed by atoms with Gasteiger partial charge in [0.25, 0.3) is 15.7 Å². The molecule has 2 heterocycles. The Balaban J connectivity index is 1.65. The molecule has 2 aromatic heterocycles. The van der Waals surface area contributed by atoms with E-state index in [-0.39, 0.29) is 24.8 Å². The molecule has 0 atom stereocenters. The summed E-state index contributed by atoms with van der Waals surface area (Å²) >= 11 is 1.16. The normalized spacial score (nSPS) is 11.5. The number of pyridine rings is 1. The Morgan fingerprint density at radius 1 is 1.06 bits per heavy atom. The second-order valence-electron chi connectivity index (χ2n) is 6.51. The summed E-state index contributed by atoms with van der Waals surface area (Å²) in [7, 11) is -3.90. The molecule has 0 saturated heterocycles. The number of benzene rings is 1. The van der Waals surface area contributed by atoms with Crippen molar-refractivity contribution in [3.05, 3.63) is 80.6 Å². The van der Waals surface area contributed by atoms with Crippen LogP contribution < -0.4 is 11.2 Å². The molecule has 0 spiro atoms. The smallest absolute Gasteiger partial charge is 0.331 e. The zero-order chi connectivity index (χ0) is 22.4. The van der Waals surface area contributed by atoms with E-state index in [2.05, 4.69) is 9.97 Å². The molecule has 3 rings (SSSR count). The van der Waals surface area contributed by atoms with E-state index < -0.39 is 21.4 Å². The molecule has 0 fully saturated rings. The number of nitrogens with one attached hydrogen (secondary N) is 1. The number of rotatable bonds is 9. The highest BCUT2D eigenvalue weighted by molar-refractivity contribution is 7.99. The molecular weight excluding hydrogens is 442 g/mol. The molecule has 31 heavy (non-hydrogen) atoms. The van der Waals surface area contributed by atoms with Crippen LogP contribution in [-0.4, -0.2) is 36.2 Å². The molecule has 11 heteroatoms. The highest BCUT2D eigenvalue weighted by Gasteiger charge is 2.16. The molecule has 0 aliphatic heterocycles. The Bertz CT molecular complexity index is 1250. The minimum atomic E-state index is -3.90. The number of hydrogen-bond acceptors (Lipinski definition) is 8. The van der Waals surface area contributed by atoms with Crippen LogP contribution in [0.15, 0.2) is 73.2 Å². The Hall–Kier alpha value is -2.73. The van der Waals surface area contributed by atoms with E-state index in [1.165, 1.54) is 16.7 Å². The Morgan fingerprint density at radius 2 is 1.81 bits per heavy atom. The molecule has 164 valence electrons. The topological polar surface area (TPSA) is 120 Å². The Labute approximate surface area is 183 Å². The molecule has 1 N–H and O–H groups in total. The van der Waals surface area contributed by atoms with Gasteiger partial charge in [0, 0.05) is 11.8 Å². The van der Waals surface area contributed by atoms with Gasteiger partial charge in [0.05, 0.1) is 23.1 Å². The number of hydrogen-bond donors (Lipinski definition) is 1. The van der Waals surface area contributed by atoms with E-state index >= 15 is 0 Å². The molecule has 0 unspecified atom stereocenters. The van der Waals surface area contributed by atoms with Gasteiger partial charge in [-0.15, -0.1) is 0 Å². The quantitative estimate of drug-likeness (QED) is 0.291. The van der Waals surface area contributed by atoms with Crippen molar-refractivity contribution >= 4 is 21.9 Å². The number of H-pyrrole nitrogens is 1. The van der Waals surface area contributed by atoms with E-state index in [0.29, 0.717) is 15.6 Å². The van der Waals surface area contributed by atoms with Crippen molar-refractivity contribution in [2.45, 2.75) is 35.5 Å². The molecular formula is C20H21N3O6S2. The highest BCUT2D eigenvalue weighted by Crippen LogP contribution is 2.26. The van der Waals surface area contributed by atoms with Crippen LogP contribution >= 0.6 is 11.8 Å². The van der Waals surface area contributed by atoms with Crippen molar-refractivity contribution in [2.24, 2.45) is 0 Å². The van der Waals surface area contributed by atoms with Gasteiger partial charge in [0.2, 0.25) is 0 Å². The minimum Gasteiger partial charge on any atom is -0.358 e. The predicted molar refractivity (Wildman–Crippen MR) is 115 cm³/mol. The van der Waals surface area contributed by atoms with Gasteiger partial charge in [-0.3, -0.25) is 18.5 Å². The van der Waals surface area contributed by atoms with Gasteiger partial charge >= 0.3 is 5.69 Å². The van der Waals surface area contributed by atoms with Crippen LogP contribution in [0.1, 0.15) is 11.1 Å². The van der Waals surface area contributed by atoms with Gasteiger partial charge in [-0.2, -0.15) is 8.42 Å². The summed E-state index contributed by atoms with van der Waals surface area (Å²) in [6, 6.07) is 11.6. The van der Waals surface area contributed by atoms with E-state index in [1.54, 1.807) is 43.5 Å². The van der Waals surface area contributed by atoms with Crippen LogP contribution in [0, 0.1) is 13.8 Å². The summed E-state index contributed by atoms with van der Waals surface area (Å²) in [5, 5.41) is 0.998. The molecule has 1 aromatic carbocycles. The molecule has 9 nitrogen and oxygen atoms in total. The molecule has 0 bridgehead atoms. The second-order valence-corrected chi connectivity index (χ2v) is 9.14. The number of nitrogens with zero attached hydrogens (tertiary/aromatic N) is 2. The monoisotopic (exact) mass is 463 g/mol. The first-order valence-corrected chi connectivity index (χ1v) is 11.5. The standard InChI is InChI=1S/C20H21N3O6S2/c1-14-6-8-16(9-7-14)31(26,27)29-12-11-28-13-23-19(15(2)18(24)22-20(23)25)30-17-5-3-4-10-21-17/h3-10H,11-13H2,1-2H3,(H,22,24,25). The fourth-order valence-electron chi connectivity index (χ4n) is 2.54. The van der Waals surface area contributed by atoms with Crippen LogP contribution in [0.2, 0.25) is 0 Å². The molecule has 0 aliphatic rings. The number of ether oxygens (including phenoxy) is 1. The number of aromatic nitrogens is 3. The third-order valence-electron chi connectivity index (χ3n) is 4.21. The lowest BCUT2D eigenvalue weighted by Gasteiger charge is -2.14. The van der Waals surface area contributed by atoms with Gasteiger partial charge < -0.3 is 4.74 Å². The summed E-state index contributed by atoms with van der Waals surface area (Å²) in [6.07, 6.45) is 1.61. The van der Waals surface area contributed by atoms with Crippen molar-refractivity contribution in [3.8, 4) is 0 Å². The first kappa shape index (κ1) is 22.9. The summed E-state index contributed by atoms with van der Waals surface area (Å²) in [6.45, 7) is 2.95. The van der Waals surface area contributed by atoms with Crippen LogP contribution in [0.3, 0.4) is 0 Å². The average molecular weight is 464 g/mol. The van der Waals surface area contributed by atoms with Crippen LogP contribution in [0.4, 0.5) is 0 Å². The van der Waals surface area contributed by atoms with Crippen molar-refractivity contribution in [1.29, 1.82) is 0 Å². The molecule has 0 amide bonds. The third-order valence-corrected chi connectivity index (χ3v) is 6.70. The second kappa shape index (κ2) is 10.1. The van der Waals surface area contributed by atoms with Gasteiger partial charge in [0.1, 0.15) is 11.8 Å². The lowest BCUT2D eigenvalue weighted by Crippen LogP contribution is -2.33. The number of aromatic amines is 1. The Morgan fingerprint density at radius 3 is 2.48 bits per heavy atom. The van der Waals surface area contributed by atoms with E-state index in [1.807, 2.05) is 6.92 Å². The summed E-state index contributed by atoms with van der Waals surface area (Å²) in [4.78, 5) is 30.8. The number of aryl methyl sites for hydroxylation is 1. The highest BCUT2D eigenvalue weighted by atomic mass is 32.2. The van der Waals surface area contributed by atoms with Gasteiger partial charge in [-0.25, -0.2) is 9.78 Å². The van der Waals surface area contributed by atoms with Crippen LogP contribution in [0.5, 0.6) is 0 Å². The predicted octanol–water partition coefficient (Wildman–Crippen LogP) is 2.08. The molecule has 3 aromatic rings. The van der Waals surface area contributed by atoms with Crippen LogP contribution in [-0.2, 0) is 25.8 Å². The van der Waals surface area contributed by atoms with Crippen molar-refractivity contribution in [1.82, 2.24) is 14.5 Å². The zero-order valence-electron chi connectivity index (χ0n) is 16.9. The SMILES string of the molecule is Cc1ccc(S(=O)(=O)OCCOCn2c(Sc3ccccn3)c(C)c(=O)[nH]c2=O)cc1. The lowest BCUT2D eigenvalue weighted by molar-refractivity contribution is 0.0477.